The molecule has 1 aromatic heterocycles. The van der Waals surface area contributed by atoms with Gasteiger partial charge in [-0.15, -0.1) is 0 Å². The minimum absolute atomic E-state index is 0.249. The normalized spacial score (nSPS) is 17.1. The lowest BCUT2D eigenvalue weighted by Gasteiger charge is -2.36. The number of hydrogen-bond acceptors (Lipinski definition) is 1. The molecule has 1 saturated carbocycles. The fourth-order valence-electron chi connectivity index (χ4n) is 3.38. The first-order chi connectivity index (χ1) is 9.57. The van der Waals surface area contributed by atoms with Gasteiger partial charge in [0.25, 0.3) is 0 Å². The second kappa shape index (κ2) is 7.15. The Hall–Kier alpha value is 0.460. The monoisotopic (exact) mass is 424 g/mol. The molecule has 0 bridgehead atoms. The number of halogens is 3. The summed E-state index contributed by atoms with van der Waals surface area (Å²) in [5.74, 6) is 0.775. The quantitative estimate of drug-likeness (QED) is 0.576. The molecule has 1 aliphatic rings. The summed E-state index contributed by atoms with van der Waals surface area (Å²) >= 11 is 14.1. The summed E-state index contributed by atoms with van der Waals surface area (Å²) in [5, 5.41) is 7.46. The van der Waals surface area contributed by atoms with Crippen LogP contribution < -0.4 is 0 Å². The van der Waals surface area contributed by atoms with E-state index in [0.29, 0.717) is 0 Å². The van der Waals surface area contributed by atoms with Gasteiger partial charge in [-0.05, 0) is 37.0 Å². The molecule has 0 spiro atoms. The van der Waals surface area contributed by atoms with E-state index in [-0.39, 0.29) is 5.41 Å². The number of aromatic nitrogens is 2. The Kier molecular flexibility index (Phi) is 6.01. The smallest absolute Gasteiger partial charge is 0.0849 e. The van der Waals surface area contributed by atoms with Gasteiger partial charge in [0.2, 0.25) is 0 Å². The maximum atomic E-state index is 6.54. The maximum absolute atomic E-state index is 6.54. The van der Waals surface area contributed by atoms with Crippen LogP contribution in [0, 0.1) is 11.3 Å². The summed E-state index contributed by atoms with van der Waals surface area (Å²) in [6.07, 6.45) is 7.31. The van der Waals surface area contributed by atoms with E-state index in [1.165, 1.54) is 31.4 Å². The van der Waals surface area contributed by atoms with Crippen molar-refractivity contribution in [3.05, 3.63) is 16.4 Å². The van der Waals surface area contributed by atoms with E-state index in [1.54, 1.807) is 0 Å². The Morgan fingerprint density at radius 2 is 1.90 bits per heavy atom. The van der Waals surface area contributed by atoms with E-state index >= 15 is 0 Å². The summed E-state index contributed by atoms with van der Waals surface area (Å²) in [6.45, 7) is 2.11. The van der Waals surface area contributed by atoms with Crippen LogP contribution in [-0.4, -0.2) is 20.4 Å². The van der Waals surface area contributed by atoms with Gasteiger partial charge in [0, 0.05) is 17.7 Å². The average Bonchev–Trinajstić information content (AvgIpc) is 3.08. The molecule has 2 rings (SSSR count). The molecule has 1 aliphatic carbocycles. The van der Waals surface area contributed by atoms with E-state index in [4.69, 9.17) is 11.6 Å². The zero-order chi connectivity index (χ0) is 14.8. The van der Waals surface area contributed by atoms with Crippen molar-refractivity contribution in [3.8, 4) is 0 Å². The summed E-state index contributed by atoms with van der Waals surface area (Å²) in [5.41, 5.74) is 2.46. The molecule has 1 heterocycles. The van der Waals surface area contributed by atoms with Crippen molar-refractivity contribution in [3.63, 3.8) is 0 Å². The summed E-state index contributed by atoms with van der Waals surface area (Å²) in [4.78, 5) is 0. The fraction of sp³-hybridized carbons (Fsp3) is 0.800. The highest BCUT2D eigenvalue weighted by Gasteiger charge is 2.40. The van der Waals surface area contributed by atoms with Crippen LogP contribution >= 0.6 is 43.5 Å². The Morgan fingerprint density at radius 3 is 2.35 bits per heavy atom. The zero-order valence-corrected chi connectivity index (χ0v) is 16.2. The molecule has 20 heavy (non-hydrogen) atoms. The minimum atomic E-state index is 0.249. The van der Waals surface area contributed by atoms with Gasteiger partial charge in [0.15, 0.2) is 0 Å². The highest BCUT2D eigenvalue weighted by atomic mass is 79.9. The molecule has 0 atom stereocenters. The Bertz CT molecular complexity index is 449. The Balaban J connectivity index is 2.30. The lowest BCUT2D eigenvalue weighted by atomic mass is 9.74. The predicted octanol–water partition coefficient (Wildman–Crippen LogP) is 5.14. The van der Waals surface area contributed by atoms with Gasteiger partial charge in [0.1, 0.15) is 0 Å². The molecule has 0 radical (unpaired) electrons. The van der Waals surface area contributed by atoms with Crippen molar-refractivity contribution in [1.29, 1.82) is 0 Å². The molecule has 5 heteroatoms. The predicted molar refractivity (Wildman–Crippen MR) is 93.3 cm³/mol. The van der Waals surface area contributed by atoms with Gasteiger partial charge in [-0.1, -0.05) is 63.2 Å². The average molecular weight is 427 g/mol. The first-order valence-electron chi connectivity index (χ1n) is 7.40. The van der Waals surface area contributed by atoms with Crippen LogP contribution in [0.15, 0.2) is 0 Å². The standard InChI is InChI=1S/C15H23Br2ClN2/c1-3-12-14(18)13(20(2)19-12)8-15(9-16,10-17)11-6-4-5-7-11/h11H,3-10H2,1-2H3. The Morgan fingerprint density at radius 1 is 1.30 bits per heavy atom. The van der Waals surface area contributed by atoms with Gasteiger partial charge < -0.3 is 0 Å². The van der Waals surface area contributed by atoms with E-state index in [0.717, 1.165) is 40.1 Å². The third-order valence-corrected chi connectivity index (χ3v) is 7.45. The molecule has 1 fully saturated rings. The van der Waals surface area contributed by atoms with Gasteiger partial charge in [0.05, 0.1) is 16.4 Å². The molecule has 0 N–H and O–H groups in total. The third-order valence-electron chi connectivity index (χ3n) is 4.78. The molecule has 0 saturated heterocycles. The van der Waals surface area contributed by atoms with Crippen molar-refractivity contribution in [2.24, 2.45) is 18.4 Å². The lowest BCUT2D eigenvalue weighted by molar-refractivity contribution is 0.228. The van der Waals surface area contributed by atoms with Crippen molar-refractivity contribution >= 4 is 43.5 Å². The van der Waals surface area contributed by atoms with E-state index in [1.807, 2.05) is 11.7 Å². The summed E-state index contributed by atoms with van der Waals surface area (Å²) in [6, 6.07) is 0. The van der Waals surface area contributed by atoms with Crippen LogP contribution in [0.5, 0.6) is 0 Å². The molecular weight excluding hydrogens is 403 g/mol. The first kappa shape index (κ1) is 16.8. The highest BCUT2D eigenvalue weighted by Crippen LogP contribution is 2.45. The minimum Gasteiger partial charge on any atom is -0.271 e. The second-order valence-electron chi connectivity index (χ2n) is 5.97. The third kappa shape index (κ3) is 3.12. The van der Waals surface area contributed by atoms with Crippen LogP contribution in [0.2, 0.25) is 5.02 Å². The van der Waals surface area contributed by atoms with Crippen LogP contribution in [0.25, 0.3) is 0 Å². The van der Waals surface area contributed by atoms with Crippen molar-refractivity contribution in [2.45, 2.75) is 45.4 Å². The van der Waals surface area contributed by atoms with Gasteiger partial charge in [-0.2, -0.15) is 5.10 Å². The zero-order valence-electron chi connectivity index (χ0n) is 12.3. The summed E-state index contributed by atoms with van der Waals surface area (Å²) in [7, 11) is 2.02. The van der Waals surface area contributed by atoms with Crippen LogP contribution in [0.1, 0.15) is 44.0 Å². The molecule has 0 unspecified atom stereocenters. The second-order valence-corrected chi connectivity index (χ2v) is 7.47. The first-order valence-corrected chi connectivity index (χ1v) is 10.0. The molecule has 0 amide bonds. The van der Waals surface area contributed by atoms with E-state index < -0.39 is 0 Å². The SMILES string of the molecule is CCc1nn(C)c(CC(CBr)(CBr)C2CCCC2)c1Cl. The van der Waals surface area contributed by atoms with Crippen molar-refractivity contribution in [2.75, 3.05) is 10.7 Å². The molecule has 1 aromatic rings. The van der Waals surface area contributed by atoms with Crippen molar-refractivity contribution in [1.82, 2.24) is 9.78 Å². The maximum Gasteiger partial charge on any atom is 0.0849 e. The number of alkyl halides is 2. The number of hydrogen-bond donors (Lipinski definition) is 0. The van der Waals surface area contributed by atoms with Gasteiger partial charge >= 0.3 is 0 Å². The van der Waals surface area contributed by atoms with Gasteiger partial charge in [-0.25, -0.2) is 0 Å². The summed E-state index contributed by atoms with van der Waals surface area (Å²) < 4.78 is 1.98. The molecule has 114 valence electrons. The molecule has 0 aromatic carbocycles. The molecule has 2 nitrogen and oxygen atoms in total. The van der Waals surface area contributed by atoms with Crippen LogP contribution in [0.4, 0.5) is 0 Å². The number of nitrogens with zero attached hydrogens (tertiary/aromatic N) is 2. The van der Waals surface area contributed by atoms with E-state index in [9.17, 15) is 0 Å². The fourth-order valence-corrected chi connectivity index (χ4v) is 5.98. The molecular formula is C15H23Br2ClN2. The van der Waals surface area contributed by atoms with Gasteiger partial charge in [-0.3, -0.25) is 4.68 Å². The number of rotatable bonds is 6. The topological polar surface area (TPSA) is 17.8 Å². The Labute approximate surface area is 143 Å². The van der Waals surface area contributed by atoms with Crippen molar-refractivity contribution < 1.29 is 0 Å². The molecule has 0 aliphatic heterocycles. The van der Waals surface area contributed by atoms with E-state index in [2.05, 4.69) is 43.9 Å². The lowest BCUT2D eigenvalue weighted by Crippen LogP contribution is -2.36. The largest absolute Gasteiger partial charge is 0.271 e. The number of aryl methyl sites for hydroxylation is 2. The van der Waals surface area contributed by atoms with Crippen LogP contribution in [-0.2, 0) is 19.9 Å². The highest BCUT2D eigenvalue weighted by molar-refractivity contribution is 9.09. The van der Waals surface area contributed by atoms with Crippen LogP contribution in [0.3, 0.4) is 0 Å².